The fraction of sp³-hybridized carbons (Fsp3) is 0.261. The zero-order valence-electron chi connectivity index (χ0n) is 16.1. The maximum absolute atomic E-state index is 12.6. The van der Waals surface area contributed by atoms with Crippen molar-refractivity contribution >= 4 is 22.9 Å². The van der Waals surface area contributed by atoms with E-state index >= 15 is 0 Å². The zero-order valence-corrected chi connectivity index (χ0v) is 16.9. The van der Waals surface area contributed by atoms with Crippen LogP contribution < -0.4 is 10.6 Å². The van der Waals surface area contributed by atoms with E-state index in [1.165, 1.54) is 21.6 Å². The maximum atomic E-state index is 12.6. The number of carbonyl (C=O) groups excluding carboxylic acids is 1. The van der Waals surface area contributed by atoms with Crippen molar-refractivity contribution in [2.24, 2.45) is 0 Å². The molecule has 27 heavy (non-hydrogen) atoms. The Kier molecular flexibility index (Phi) is 6.43. The molecule has 0 spiro atoms. The van der Waals surface area contributed by atoms with Crippen LogP contribution in [0, 0.1) is 6.92 Å². The van der Waals surface area contributed by atoms with Crippen molar-refractivity contribution in [2.75, 3.05) is 11.9 Å². The third-order valence-corrected chi connectivity index (χ3v) is 5.64. The summed E-state index contributed by atoms with van der Waals surface area (Å²) in [6.07, 6.45) is 0. The van der Waals surface area contributed by atoms with Gasteiger partial charge in [0.1, 0.15) is 6.04 Å². The minimum atomic E-state index is 0.0248. The van der Waals surface area contributed by atoms with Gasteiger partial charge in [0.2, 0.25) is 0 Å². The second-order valence-electron chi connectivity index (χ2n) is 7.13. The third-order valence-electron chi connectivity index (χ3n) is 4.68. The molecule has 0 unspecified atom stereocenters. The summed E-state index contributed by atoms with van der Waals surface area (Å²) in [5.41, 5.74) is 4.54. The van der Waals surface area contributed by atoms with Crippen molar-refractivity contribution in [1.82, 2.24) is 0 Å². The smallest absolute Gasteiger partial charge is 0.279 e. The first-order chi connectivity index (χ1) is 13.0. The Labute approximate surface area is 165 Å². The molecule has 140 valence electrons. The number of nitrogens with two attached hydrogens (primary N) is 1. The number of thiophene rings is 1. The number of aryl methyl sites for hydroxylation is 1. The molecule has 0 fully saturated rings. The molecule has 3 N–H and O–H groups in total. The predicted octanol–water partition coefficient (Wildman–Crippen LogP) is 4.47. The van der Waals surface area contributed by atoms with E-state index in [0.29, 0.717) is 12.5 Å². The largest absolute Gasteiger partial charge is 0.328 e. The number of benzene rings is 2. The molecule has 0 aliphatic heterocycles. The number of amides is 1. The molecule has 0 saturated carbocycles. The van der Waals surface area contributed by atoms with Crippen LogP contribution in [0.5, 0.6) is 0 Å². The first-order valence-corrected chi connectivity index (χ1v) is 10.2. The van der Waals surface area contributed by atoms with Crippen LogP contribution in [-0.2, 0) is 4.79 Å². The van der Waals surface area contributed by atoms with E-state index in [2.05, 4.69) is 79.2 Å². The van der Waals surface area contributed by atoms with Gasteiger partial charge in [-0.05, 0) is 35.9 Å². The van der Waals surface area contributed by atoms with Crippen molar-refractivity contribution in [2.45, 2.75) is 32.7 Å². The van der Waals surface area contributed by atoms with Crippen LogP contribution in [0.4, 0.5) is 5.69 Å². The van der Waals surface area contributed by atoms with Crippen LogP contribution in [0.2, 0.25) is 0 Å². The minimum Gasteiger partial charge on any atom is -0.328 e. The van der Waals surface area contributed by atoms with Gasteiger partial charge in [0.25, 0.3) is 5.91 Å². The van der Waals surface area contributed by atoms with Gasteiger partial charge in [-0.15, -0.1) is 11.3 Å². The number of hydrogen-bond donors (Lipinski definition) is 2. The number of rotatable bonds is 7. The molecule has 1 heterocycles. The van der Waals surface area contributed by atoms with E-state index in [9.17, 15) is 4.79 Å². The number of quaternary nitrogens is 1. The summed E-state index contributed by atoms with van der Waals surface area (Å²) >= 11 is 1.73. The monoisotopic (exact) mass is 379 g/mol. The van der Waals surface area contributed by atoms with Crippen molar-refractivity contribution in [3.63, 3.8) is 0 Å². The van der Waals surface area contributed by atoms with E-state index in [1.54, 1.807) is 11.3 Å². The Morgan fingerprint density at radius 1 is 1.04 bits per heavy atom. The van der Waals surface area contributed by atoms with E-state index in [-0.39, 0.29) is 11.9 Å². The highest BCUT2D eigenvalue weighted by atomic mass is 32.1. The van der Waals surface area contributed by atoms with Gasteiger partial charge >= 0.3 is 0 Å². The second-order valence-corrected chi connectivity index (χ2v) is 8.11. The Morgan fingerprint density at radius 3 is 2.44 bits per heavy atom. The summed E-state index contributed by atoms with van der Waals surface area (Å²) < 4.78 is 0. The van der Waals surface area contributed by atoms with Crippen molar-refractivity contribution < 1.29 is 10.1 Å². The lowest BCUT2D eigenvalue weighted by molar-refractivity contribution is -0.675. The predicted molar refractivity (Wildman–Crippen MR) is 113 cm³/mol. The minimum absolute atomic E-state index is 0.0248. The van der Waals surface area contributed by atoms with Gasteiger partial charge in [0.15, 0.2) is 6.54 Å². The van der Waals surface area contributed by atoms with Gasteiger partial charge in [0.05, 0.1) is 4.88 Å². The molecule has 4 heteroatoms. The van der Waals surface area contributed by atoms with Gasteiger partial charge in [-0.3, -0.25) is 4.79 Å². The van der Waals surface area contributed by atoms with E-state index in [0.717, 1.165) is 5.69 Å². The van der Waals surface area contributed by atoms with Crippen LogP contribution in [0.25, 0.3) is 0 Å². The lowest BCUT2D eigenvalue weighted by Crippen LogP contribution is -2.87. The molecule has 0 aliphatic carbocycles. The SMILES string of the molecule is Cc1ccc([C@H]([NH2+]CC(=O)Nc2ccccc2C(C)C)c2cccs2)cc1. The molecule has 0 aliphatic rings. The van der Waals surface area contributed by atoms with E-state index in [4.69, 9.17) is 0 Å². The van der Waals surface area contributed by atoms with E-state index in [1.807, 2.05) is 18.2 Å². The Morgan fingerprint density at radius 2 is 1.78 bits per heavy atom. The highest BCUT2D eigenvalue weighted by Crippen LogP contribution is 2.24. The molecule has 0 bridgehead atoms. The molecule has 1 amide bonds. The Bertz CT molecular complexity index is 870. The number of nitrogens with one attached hydrogen (secondary N) is 1. The number of anilines is 1. The summed E-state index contributed by atoms with van der Waals surface area (Å²) in [4.78, 5) is 13.9. The molecule has 3 rings (SSSR count). The number of carbonyl (C=O) groups is 1. The molecule has 2 aromatic carbocycles. The summed E-state index contributed by atoms with van der Waals surface area (Å²) in [7, 11) is 0. The van der Waals surface area contributed by atoms with Gasteiger partial charge < -0.3 is 10.6 Å². The third kappa shape index (κ3) is 5.06. The lowest BCUT2D eigenvalue weighted by atomic mass is 10.0. The standard InChI is InChI=1S/C23H26N2OS/c1-16(2)19-7-4-5-8-20(19)25-22(26)15-24-23(21-9-6-14-27-21)18-12-10-17(3)11-13-18/h4-14,16,23-24H,15H2,1-3H3,(H,25,26)/p+1/t23-/m0/s1. The number of para-hydroxylation sites is 1. The maximum Gasteiger partial charge on any atom is 0.279 e. The van der Waals surface area contributed by atoms with Crippen molar-refractivity contribution in [3.05, 3.63) is 87.6 Å². The fourth-order valence-electron chi connectivity index (χ4n) is 3.20. The summed E-state index contributed by atoms with van der Waals surface area (Å²) in [5.74, 6) is 0.397. The molecule has 0 saturated heterocycles. The normalized spacial score (nSPS) is 12.1. The molecule has 1 aromatic heterocycles. The van der Waals surface area contributed by atoms with Crippen LogP contribution in [0.15, 0.2) is 66.0 Å². The average molecular weight is 380 g/mol. The molecule has 1 atom stereocenters. The highest BCUT2D eigenvalue weighted by Gasteiger charge is 2.20. The second kappa shape index (κ2) is 8.98. The lowest BCUT2D eigenvalue weighted by Gasteiger charge is -2.16. The topological polar surface area (TPSA) is 45.7 Å². The first kappa shape index (κ1) is 19.3. The first-order valence-electron chi connectivity index (χ1n) is 9.36. The van der Waals surface area contributed by atoms with Gasteiger partial charge in [-0.2, -0.15) is 0 Å². The van der Waals surface area contributed by atoms with Gasteiger partial charge in [-0.25, -0.2) is 0 Å². The number of hydrogen-bond acceptors (Lipinski definition) is 2. The van der Waals surface area contributed by atoms with E-state index < -0.39 is 0 Å². The average Bonchev–Trinajstić information content (AvgIpc) is 3.18. The fourth-order valence-corrected chi connectivity index (χ4v) is 4.05. The summed E-state index contributed by atoms with van der Waals surface area (Å²) in [5, 5.41) is 7.29. The Balaban J connectivity index is 1.70. The van der Waals surface area contributed by atoms with Crippen LogP contribution in [-0.4, -0.2) is 12.5 Å². The Hall–Kier alpha value is -2.43. The molecular formula is C23H27N2OS+. The quantitative estimate of drug-likeness (QED) is 0.625. The van der Waals surface area contributed by atoms with Crippen molar-refractivity contribution in [1.29, 1.82) is 0 Å². The van der Waals surface area contributed by atoms with Crippen LogP contribution >= 0.6 is 11.3 Å². The molecular weight excluding hydrogens is 352 g/mol. The van der Waals surface area contributed by atoms with Gasteiger partial charge in [-0.1, -0.05) is 67.9 Å². The van der Waals surface area contributed by atoms with Crippen LogP contribution in [0.1, 0.15) is 47.4 Å². The summed E-state index contributed by atoms with van der Waals surface area (Å²) in [6, 6.07) is 20.9. The molecule has 3 nitrogen and oxygen atoms in total. The van der Waals surface area contributed by atoms with Crippen molar-refractivity contribution in [3.8, 4) is 0 Å². The highest BCUT2D eigenvalue weighted by molar-refractivity contribution is 7.10. The van der Waals surface area contributed by atoms with Crippen LogP contribution in [0.3, 0.4) is 0 Å². The molecule has 0 radical (unpaired) electrons. The molecule has 3 aromatic rings. The summed E-state index contributed by atoms with van der Waals surface area (Å²) in [6.45, 7) is 6.75. The zero-order chi connectivity index (χ0) is 19.2. The van der Waals surface area contributed by atoms with Gasteiger partial charge in [0, 0.05) is 11.3 Å².